The summed E-state index contributed by atoms with van der Waals surface area (Å²) >= 11 is 0. The summed E-state index contributed by atoms with van der Waals surface area (Å²) in [5.41, 5.74) is 2.49. The van der Waals surface area contributed by atoms with E-state index >= 15 is 0 Å². The number of hydrogen-bond donors (Lipinski definition) is 1. The molecule has 0 aromatic heterocycles. The highest BCUT2D eigenvalue weighted by Gasteiger charge is 2.27. The number of halogens is 1. The van der Waals surface area contributed by atoms with Gasteiger partial charge < -0.3 is 14.7 Å². The number of aryl methyl sites for hydroxylation is 2. The third kappa shape index (κ3) is 3.61. The number of likely N-dealkylation sites (N-methyl/N-ethyl adjacent to an activating group) is 1. The number of aliphatic hydroxyl groups is 1. The highest BCUT2D eigenvalue weighted by Crippen LogP contribution is 2.21. The minimum absolute atomic E-state index is 0. The van der Waals surface area contributed by atoms with E-state index < -0.39 is 6.10 Å². The predicted octanol–water partition coefficient (Wildman–Crippen LogP) is 2.17. The third-order valence-corrected chi connectivity index (χ3v) is 3.49. The maximum absolute atomic E-state index is 9.96. The minimum Gasteiger partial charge on any atom is -0.488 e. The van der Waals surface area contributed by atoms with Crippen molar-refractivity contribution < 1.29 is 9.84 Å². The second-order valence-electron chi connectivity index (χ2n) is 5.02. The van der Waals surface area contributed by atoms with E-state index in [1.807, 2.05) is 19.2 Å². The first kappa shape index (κ1) is 15.3. The molecule has 1 aromatic carbocycles. The number of aliphatic hydroxyl groups excluding tert-OH is 1. The number of hydrogen-bond acceptors (Lipinski definition) is 3. The van der Waals surface area contributed by atoms with E-state index in [0.29, 0.717) is 6.54 Å². The largest absolute Gasteiger partial charge is 0.488 e. The molecule has 1 aliphatic heterocycles. The highest BCUT2D eigenvalue weighted by atomic mass is 35.5. The van der Waals surface area contributed by atoms with Gasteiger partial charge in [-0.25, -0.2) is 0 Å². The van der Waals surface area contributed by atoms with E-state index in [9.17, 15) is 5.11 Å². The molecule has 2 rings (SSSR count). The van der Waals surface area contributed by atoms with Gasteiger partial charge in [0.25, 0.3) is 0 Å². The Morgan fingerprint density at radius 1 is 1.28 bits per heavy atom. The zero-order chi connectivity index (χ0) is 12.4. The van der Waals surface area contributed by atoms with Gasteiger partial charge in [-0.15, -0.1) is 12.4 Å². The van der Waals surface area contributed by atoms with Crippen LogP contribution in [0.1, 0.15) is 17.5 Å². The summed E-state index contributed by atoms with van der Waals surface area (Å²) < 4.78 is 5.88. The van der Waals surface area contributed by atoms with Crippen LogP contribution in [0.2, 0.25) is 0 Å². The lowest BCUT2D eigenvalue weighted by molar-refractivity contribution is -0.0182. The van der Waals surface area contributed by atoms with Gasteiger partial charge in [-0.05, 0) is 50.6 Å². The lowest BCUT2D eigenvalue weighted by atomic mass is 10.1. The van der Waals surface area contributed by atoms with Crippen LogP contribution in [0.4, 0.5) is 0 Å². The van der Waals surface area contributed by atoms with Crippen molar-refractivity contribution in [1.82, 2.24) is 4.90 Å². The molecule has 3 nitrogen and oxygen atoms in total. The van der Waals surface area contributed by atoms with E-state index in [0.717, 1.165) is 18.7 Å². The van der Waals surface area contributed by atoms with Crippen molar-refractivity contribution in [2.75, 3.05) is 20.1 Å². The Morgan fingerprint density at radius 2 is 2.00 bits per heavy atom. The first-order valence-corrected chi connectivity index (χ1v) is 6.17. The molecule has 4 heteroatoms. The van der Waals surface area contributed by atoms with Crippen molar-refractivity contribution in [3.8, 4) is 5.75 Å². The molecule has 2 unspecified atom stereocenters. The van der Waals surface area contributed by atoms with Crippen LogP contribution >= 0.6 is 12.4 Å². The quantitative estimate of drug-likeness (QED) is 0.895. The van der Waals surface area contributed by atoms with Crippen LogP contribution in [0.25, 0.3) is 0 Å². The van der Waals surface area contributed by atoms with Crippen LogP contribution < -0.4 is 4.74 Å². The van der Waals surface area contributed by atoms with Crippen LogP contribution in [-0.4, -0.2) is 42.4 Å². The minimum atomic E-state index is -0.393. The second-order valence-corrected chi connectivity index (χ2v) is 5.02. The van der Waals surface area contributed by atoms with Gasteiger partial charge in [0.2, 0.25) is 0 Å². The van der Waals surface area contributed by atoms with Gasteiger partial charge in [-0.3, -0.25) is 0 Å². The Hall–Kier alpha value is -0.770. The van der Waals surface area contributed by atoms with Gasteiger partial charge in [-0.2, -0.15) is 0 Å². The molecule has 0 bridgehead atoms. The highest BCUT2D eigenvalue weighted by molar-refractivity contribution is 5.85. The average molecular weight is 272 g/mol. The van der Waals surface area contributed by atoms with Crippen LogP contribution in [0.3, 0.4) is 0 Å². The van der Waals surface area contributed by atoms with Crippen molar-refractivity contribution in [2.45, 2.75) is 32.5 Å². The zero-order valence-corrected chi connectivity index (χ0v) is 12.0. The molecular formula is C14H22ClNO2. The second kappa shape index (κ2) is 6.41. The fraction of sp³-hybridized carbons (Fsp3) is 0.571. The van der Waals surface area contributed by atoms with Crippen molar-refractivity contribution in [2.24, 2.45) is 0 Å². The van der Waals surface area contributed by atoms with Crippen molar-refractivity contribution in [1.29, 1.82) is 0 Å². The average Bonchev–Trinajstić information content (AvgIpc) is 2.27. The number of ether oxygens (including phenoxy) is 1. The smallest absolute Gasteiger partial charge is 0.127 e. The molecule has 1 N–H and O–H groups in total. The molecule has 1 saturated heterocycles. The van der Waals surface area contributed by atoms with Gasteiger partial charge in [0.05, 0.1) is 0 Å². The SMILES string of the molecule is Cc1ccc(OC2CCN(C)CC2O)cc1C.Cl. The summed E-state index contributed by atoms with van der Waals surface area (Å²) in [6.45, 7) is 5.83. The maximum Gasteiger partial charge on any atom is 0.127 e. The molecule has 0 amide bonds. The van der Waals surface area contributed by atoms with Gasteiger partial charge >= 0.3 is 0 Å². The van der Waals surface area contributed by atoms with Gasteiger partial charge in [0, 0.05) is 13.1 Å². The Morgan fingerprint density at radius 3 is 2.61 bits per heavy atom. The number of piperidine rings is 1. The number of likely N-dealkylation sites (tertiary alicyclic amines) is 1. The molecule has 1 aliphatic rings. The number of benzene rings is 1. The Bertz CT molecular complexity index is 397. The standard InChI is InChI=1S/C14H21NO2.ClH/c1-10-4-5-12(8-11(10)2)17-14-6-7-15(3)9-13(14)16;/h4-5,8,13-14,16H,6-7,9H2,1-3H3;1H. The predicted molar refractivity (Wildman–Crippen MR) is 75.7 cm³/mol. The Kier molecular flexibility index (Phi) is 5.45. The maximum atomic E-state index is 9.96. The summed E-state index contributed by atoms with van der Waals surface area (Å²) in [5.74, 6) is 0.863. The summed E-state index contributed by atoms with van der Waals surface area (Å²) in [4.78, 5) is 2.13. The van der Waals surface area contributed by atoms with E-state index in [2.05, 4.69) is 24.8 Å². The van der Waals surface area contributed by atoms with Gasteiger partial charge in [0.1, 0.15) is 18.0 Å². The molecule has 0 radical (unpaired) electrons. The molecule has 18 heavy (non-hydrogen) atoms. The van der Waals surface area contributed by atoms with E-state index in [1.165, 1.54) is 11.1 Å². The summed E-state index contributed by atoms with van der Waals surface area (Å²) in [6.07, 6.45) is 0.411. The van der Waals surface area contributed by atoms with Gasteiger partial charge in [0.15, 0.2) is 0 Å². The third-order valence-electron chi connectivity index (χ3n) is 3.49. The number of β-amino-alcohol motifs (C(OH)–C–C–N with tert-alkyl or cyclic N) is 1. The van der Waals surface area contributed by atoms with Crippen LogP contribution in [0, 0.1) is 13.8 Å². The molecule has 1 heterocycles. The normalized spacial score (nSPS) is 24.4. The topological polar surface area (TPSA) is 32.7 Å². The fourth-order valence-electron chi connectivity index (χ4n) is 2.17. The summed E-state index contributed by atoms with van der Waals surface area (Å²) in [6, 6.07) is 6.08. The Balaban J connectivity index is 0.00000162. The van der Waals surface area contributed by atoms with Crippen LogP contribution in [0.5, 0.6) is 5.75 Å². The van der Waals surface area contributed by atoms with Crippen molar-refractivity contribution >= 4 is 12.4 Å². The number of rotatable bonds is 2. The Labute approximate surface area is 115 Å². The molecule has 1 fully saturated rings. The summed E-state index contributed by atoms with van der Waals surface area (Å²) in [7, 11) is 2.02. The molecule has 0 saturated carbocycles. The van der Waals surface area contributed by atoms with E-state index in [1.54, 1.807) is 0 Å². The zero-order valence-electron chi connectivity index (χ0n) is 11.2. The number of nitrogens with zero attached hydrogens (tertiary/aromatic N) is 1. The summed E-state index contributed by atoms with van der Waals surface area (Å²) in [5, 5.41) is 9.96. The molecule has 102 valence electrons. The molecule has 0 spiro atoms. The lowest BCUT2D eigenvalue weighted by Crippen LogP contribution is -2.47. The fourth-order valence-corrected chi connectivity index (χ4v) is 2.17. The van der Waals surface area contributed by atoms with Crippen molar-refractivity contribution in [3.63, 3.8) is 0 Å². The lowest BCUT2D eigenvalue weighted by Gasteiger charge is -2.33. The first-order chi connectivity index (χ1) is 8.06. The van der Waals surface area contributed by atoms with Gasteiger partial charge in [-0.1, -0.05) is 6.07 Å². The van der Waals surface area contributed by atoms with Crippen LogP contribution in [-0.2, 0) is 0 Å². The van der Waals surface area contributed by atoms with Crippen molar-refractivity contribution in [3.05, 3.63) is 29.3 Å². The molecule has 1 aromatic rings. The molecule has 2 atom stereocenters. The molecular weight excluding hydrogens is 250 g/mol. The molecule has 0 aliphatic carbocycles. The first-order valence-electron chi connectivity index (χ1n) is 6.17. The van der Waals surface area contributed by atoms with E-state index in [4.69, 9.17) is 4.74 Å². The van der Waals surface area contributed by atoms with E-state index in [-0.39, 0.29) is 18.5 Å². The monoisotopic (exact) mass is 271 g/mol. The van der Waals surface area contributed by atoms with Crippen LogP contribution in [0.15, 0.2) is 18.2 Å².